The average molecular weight is 350 g/mol. The topological polar surface area (TPSA) is 39.1 Å². The van der Waals surface area contributed by atoms with Crippen LogP contribution >= 0.6 is 15.9 Å². The molecule has 3 rings (SSSR count). The van der Waals surface area contributed by atoms with E-state index in [1.165, 1.54) is 22.4 Å². The molecule has 0 aliphatic carbocycles. The van der Waals surface area contributed by atoms with E-state index in [1.807, 2.05) is 6.20 Å². The third-order valence-electron chi connectivity index (χ3n) is 3.92. The monoisotopic (exact) mass is 349 g/mol. The van der Waals surface area contributed by atoms with E-state index in [1.54, 1.807) is 0 Å². The van der Waals surface area contributed by atoms with Crippen molar-refractivity contribution >= 4 is 15.9 Å². The van der Waals surface area contributed by atoms with Crippen molar-refractivity contribution in [2.75, 3.05) is 13.2 Å². The number of benzene rings is 1. The molecule has 1 aliphatic heterocycles. The molecule has 0 amide bonds. The lowest BCUT2D eigenvalue weighted by atomic mass is 10.1. The van der Waals surface area contributed by atoms with E-state index in [2.05, 4.69) is 57.0 Å². The van der Waals surface area contributed by atoms with Gasteiger partial charge in [-0.15, -0.1) is 0 Å². The standard InChI is InChI=1S/C16H20BrN3O/c1-3-18-8-14-9-19-20(11(14)2)10-13-7-15(17)6-12-4-5-21-16(12)13/h6-7,9,18H,3-5,8,10H2,1-2H3. The smallest absolute Gasteiger partial charge is 0.127 e. The number of aromatic nitrogens is 2. The van der Waals surface area contributed by atoms with E-state index in [4.69, 9.17) is 4.74 Å². The zero-order chi connectivity index (χ0) is 14.8. The first-order valence-corrected chi connectivity index (χ1v) is 8.14. The summed E-state index contributed by atoms with van der Waals surface area (Å²) in [6.07, 6.45) is 2.95. The first kappa shape index (κ1) is 14.6. The van der Waals surface area contributed by atoms with Gasteiger partial charge in [0.15, 0.2) is 0 Å². The van der Waals surface area contributed by atoms with Crippen molar-refractivity contribution in [3.63, 3.8) is 0 Å². The Morgan fingerprint density at radius 3 is 3.05 bits per heavy atom. The highest BCUT2D eigenvalue weighted by Crippen LogP contribution is 2.33. The number of hydrogen-bond donors (Lipinski definition) is 1. The third-order valence-corrected chi connectivity index (χ3v) is 4.37. The number of halogens is 1. The lowest BCUT2D eigenvalue weighted by Gasteiger charge is -2.11. The van der Waals surface area contributed by atoms with E-state index < -0.39 is 0 Å². The maximum atomic E-state index is 5.79. The molecule has 0 saturated carbocycles. The Balaban J connectivity index is 1.86. The first-order chi connectivity index (χ1) is 10.2. The molecule has 1 N–H and O–H groups in total. The van der Waals surface area contributed by atoms with E-state index in [-0.39, 0.29) is 0 Å². The van der Waals surface area contributed by atoms with E-state index >= 15 is 0 Å². The molecule has 4 nitrogen and oxygen atoms in total. The van der Waals surface area contributed by atoms with Crippen LogP contribution in [0.25, 0.3) is 0 Å². The second-order valence-electron chi connectivity index (χ2n) is 5.34. The largest absolute Gasteiger partial charge is 0.493 e. The average Bonchev–Trinajstić information content (AvgIpc) is 3.05. The summed E-state index contributed by atoms with van der Waals surface area (Å²) in [5.41, 5.74) is 4.95. The molecule has 0 spiro atoms. The van der Waals surface area contributed by atoms with Crippen molar-refractivity contribution in [3.05, 3.63) is 45.2 Å². The van der Waals surface area contributed by atoms with Crippen LogP contribution in [0.4, 0.5) is 0 Å². The van der Waals surface area contributed by atoms with E-state index in [0.29, 0.717) is 0 Å². The van der Waals surface area contributed by atoms with Gasteiger partial charge in [-0.1, -0.05) is 22.9 Å². The summed E-state index contributed by atoms with van der Waals surface area (Å²) in [7, 11) is 0. The highest BCUT2D eigenvalue weighted by atomic mass is 79.9. The molecule has 1 aliphatic rings. The predicted octanol–water partition coefficient (Wildman–Crippen LogP) is 3.05. The predicted molar refractivity (Wildman–Crippen MR) is 86.8 cm³/mol. The normalized spacial score (nSPS) is 13.3. The summed E-state index contributed by atoms with van der Waals surface area (Å²) in [6.45, 7) is 7.61. The van der Waals surface area contributed by atoms with Crippen molar-refractivity contribution in [2.45, 2.75) is 33.4 Å². The van der Waals surface area contributed by atoms with Crippen LogP contribution in [-0.4, -0.2) is 22.9 Å². The highest BCUT2D eigenvalue weighted by molar-refractivity contribution is 9.10. The summed E-state index contributed by atoms with van der Waals surface area (Å²) >= 11 is 3.59. The van der Waals surface area contributed by atoms with Gasteiger partial charge < -0.3 is 10.1 Å². The molecule has 0 radical (unpaired) electrons. The van der Waals surface area contributed by atoms with Gasteiger partial charge in [0.2, 0.25) is 0 Å². The Bertz CT molecular complexity index is 651. The summed E-state index contributed by atoms with van der Waals surface area (Å²) in [5, 5.41) is 7.87. The summed E-state index contributed by atoms with van der Waals surface area (Å²) in [6, 6.07) is 4.29. The van der Waals surface area contributed by atoms with Crippen LogP contribution in [-0.2, 0) is 19.5 Å². The molecule has 1 aromatic heterocycles. The number of hydrogen-bond acceptors (Lipinski definition) is 3. The van der Waals surface area contributed by atoms with Crippen LogP contribution in [0.15, 0.2) is 22.8 Å². The van der Waals surface area contributed by atoms with Gasteiger partial charge in [-0.2, -0.15) is 5.10 Å². The summed E-state index contributed by atoms with van der Waals surface area (Å²) < 4.78 is 8.96. The second kappa shape index (κ2) is 6.20. The first-order valence-electron chi connectivity index (χ1n) is 7.35. The fourth-order valence-electron chi connectivity index (χ4n) is 2.70. The van der Waals surface area contributed by atoms with Crippen molar-refractivity contribution in [3.8, 4) is 5.75 Å². The minimum absolute atomic E-state index is 0.750. The molecule has 112 valence electrons. The lowest BCUT2D eigenvalue weighted by Crippen LogP contribution is -2.13. The van der Waals surface area contributed by atoms with E-state index in [9.17, 15) is 0 Å². The van der Waals surface area contributed by atoms with Crippen molar-refractivity contribution in [1.29, 1.82) is 0 Å². The van der Waals surface area contributed by atoms with Crippen LogP contribution in [0.5, 0.6) is 5.75 Å². The molecule has 1 aromatic carbocycles. The molecular formula is C16H20BrN3O. The summed E-state index contributed by atoms with van der Waals surface area (Å²) in [5.74, 6) is 1.04. The Morgan fingerprint density at radius 2 is 2.24 bits per heavy atom. The molecule has 0 fully saturated rings. The second-order valence-corrected chi connectivity index (χ2v) is 6.26. The lowest BCUT2D eigenvalue weighted by molar-refractivity contribution is 0.352. The van der Waals surface area contributed by atoms with Gasteiger partial charge in [-0.05, 0) is 31.2 Å². The van der Waals surface area contributed by atoms with Gasteiger partial charge in [0.25, 0.3) is 0 Å². The number of ether oxygens (including phenoxy) is 1. The SMILES string of the molecule is CCNCc1cnn(Cc2cc(Br)cc3c2OCC3)c1C. The van der Waals surface area contributed by atoms with Gasteiger partial charge in [-0.3, -0.25) is 4.68 Å². The molecule has 21 heavy (non-hydrogen) atoms. The van der Waals surface area contributed by atoms with Crippen LogP contribution in [0.1, 0.15) is 29.3 Å². The molecule has 0 atom stereocenters. The fourth-order valence-corrected chi connectivity index (χ4v) is 3.26. The van der Waals surface area contributed by atoms with Gasteiger partial charge in [0, 0.05) is 34.3 Å². The minimum atomic E-state index is 0.750. The Kier molecular flexibility index (Phi) is 4.31. The summed E-state index contributed by atoms with van der Waals surface area (Å²) in [4.78, 5) is 0. The molecular weight excluding hydrogens is 330 g/mol. The molecule has 0 saturated heterocycles. The Hall–Kier alpha value is -1.33. The zero-order valence-corrected chi connectivity index (χ0v) is 14.0. The zero-order valence-electron chi connectivity index (χ0n) is 12.4. The van der Waals surface area contributed by atoms with Crippen molar-refractivity contribution in [1.82, 2.24) is 15.1 Å². The highest BCUT2D eigenvalue weighted by Gasteiger charge is 2.18. The quantitative estimate of drug-likeness (QED) is 0.901. The van der Waals surface area contributed by atoms with Crippen LogP contribution in [0.2, 0.25) is 0 Å². The molecule has 0 unspecified atom stereocenters. The molecule has 5 heteroatoms. The number of nitrogens with zero attached hydrogens (tertiary/aromatic N) is 2. The van der Waals surface area contributed by atoms with Gasteiger partial charge in [0.05, 0.1) is 19.3 Å². The van der Waals surface area contributed by atoms with Crippen LogP contribution in [0, 0.1) is 6.92 Å². The maximum Gasteiger partial charge on any atom is 0.127 e. The number of fused-ring (bicyclic) bond motifs is 1. The Morgan fingerprint density at radius 1 is 1.38 bits per heavy atom. The van der Waals surface area contributed by atoms with E-state index in [0.717, 1.165) is 42.9 Å². The minimum Gasteiger partial charge on any atom is -0.493 e. The van der Waals surface area contributed by atoms with Gasteiger partial charge >= 0.3 is 0 Å². The van der Waals surface area contributed by atoms with Crippen LogP contribution in [0.3, 0.4) is 0 Å². The third kappa shape index (κ3) is 2.99. The molecule has 2 heterocycles. The fraction of sp³-hybridized carbons (Fsp3) is 0.438. The Labute approximate surface area is 133 Å². The van der Waals surface area contributed by atoms with Crippen molar-refractivity contribution < 1.29 is 4.74 Å². The molecule has 2 aromatic rings. The van der Waals surface area contributed by atoms with Crippen molar-refractivity contribution in [2.24, 2.45) is 0 Å². The molecule has 0 bridgehead atoms. The van der Waals surface area contributed by atoms with Crippen LogP contribution < -0.4 is 10.1 Å². The van der Waals surface area contributed by atoms with Gasteiger partial charge in [-0.25, -0.2) is 0 Å². The van der Waals surface area contributed by atoms with Gasteiger partial charge in [0.1, 0.15) is 5.75 Å². The maximum absolute atomic E-state index is 5.79. The number of nitrogens with one attached hydrogen (secondary N) is 1. The number of rotatable bonds is 5.